The van der Waals surface area contributed by atoms with Gasteiger partial charge in [0.15, 0.2) is 0 Å². The van der Waals surface area contributed by atoms with Gasteiger partial charge in [-0.15, -0.1) is 0 Å². The molecular formula is C10H10ClN3. The summed E-state index contributed by atoms with van der Waals surface area (Å²) in [6.07, 6.45) is 1.86. The molecule has 72 valence electrons. The predicted octanol–water partition coefficient (Wildman–Crippen LogP) is 2.42. The quantitative estimate of drug-likeness (QED) is 0.781. The number of benzene rings is 1. The van der Waals surface area contributed by atoms with Crippen molar-refractivity contribution in [2.75, 3.05) is 5.73 Å². The Labute approximate surface area is 87.1 Å². The topological polar surface area (TPSA) is 43.8 Å². The van der Waals surface area contributed by atoms with Crippen molar-refractivity contribution in [1.82, 2.24) is 9.78 Å². The van der Waals surface area contributed by atoms with Gasteiger partial charge in [0.25, 0.3) is 0 Å². The molecule has 0 spiro atoms. The largest absolute Gasteiger partial charge is 0.382 e. The van der Waals surface area contributed by atoms with Gasteiger partial charge in [-0.05, 0) is 19.1 Å². The molecule has 0 aliphatic rings. The molecule has 1 aromatic heterocycles. The van der Waals surface area contributed by atoms with Crippen molar-refractivity contribution in [3.05, 3.63) is 41.0 Å². The number of hydrogen-bond acceptors (Lipinski definition) is 2. The van der Waals surface area contributed by atoms with E-state index in [2.05, 4.69) is 5.10 Å². The molecule has 0 saturated heterocycles. The molecule has 4 heteroatoms. The van der Waals surface area contributed by atoms with Crippen molar-refractivity contribution in [1.29, 1.82) is 0 Å². The minimum atomic E-state index is 0.532. The van der Waals surface area contributed by atoms with Gasteiger partial charge in [0.05, 0.1) is 10.7 Å². The lowest BCUT2D eigenvalue weighted by molar-refractivity contribution is 0.885. The number of nitrogen functional groups attached to an aromatic ring is 1. The van der Waals surface area contributed by atoms with Crippen LogP contribution in [0.15, 0.2) is 30.5 Å². The number of hydrogen-bond donors (Lipinski definition) is 1. The Kier molecular flexibility index (Phi) is 2.17. The zero-order chi connectivity index (χ0) is 10.1. The molecule has 0 saturated carbocycles. The Hall–Kier alpha value is -1.48. The first-order chi connectivity index (χ1) is 6.68. The van der Waals surface area contributed by atoms with Crippen LogP contribution in [0.5, 0.6) is 0 Å². The van der Waals surface area contributed by atoms with Crippen molar-refractivity contribution in [3.8, 4) is 5.69 Å². The summed E-state index contributed by atoms with van der Waals surface area (Å²) in [5.41, 5.74) is 7.44. The van der Waals surface area contributed by atoms with Gasteiger partial charge in [-0.3, -0.25) is 0 Å². The molecule has 14 heavy (non-hydrogen) atoms. The fraction of sp³-hybridized carbons (Fsp3) is 0.100. The summed E-state index contributed by atoms with van der Waals surface area (Å²) < 4.78 is 1.69. The smallest absolute Gasteiger partial charge is 0.148 e. The van der Waals surface area contributed by atoms with Crippen LogP contribution < -0.4 is 5.73 Å². The van der Waals surface area contributed by atoms with Gasteiger partial charge in [-0.2, -0.15) is 5.10 Å². The van der Waals surface area contributed by atoms with Crippen LogP contribution in [0.25, 0.3) is 5.69 Å². The van der Waals surface area contributed by atoms with Gasteiger partial charge < -0.3 is 5.73 Å². The average molecular weight is 208 g/mol. The zero-order valence-electron chi connectivity index (χ0n) is 7.74. The van der Waals surface area contributed by atoms with Crippen LogP contribution in [0, 0.1) is 6.92 Å². The third kappa shape index (κ3) is 1.46. The molecular weight excluding hydrogens is 198 g/mol. The fourth-order valence-electron chi connectivity index (χ4n) is 1.23. The number of nitrogens with two attached hydrogens (primary N) is 1. The van der Waals surface area contributed by atoms with E-state index in [1.165, 1.54) is 0 Å². The van der Waals surface area contributed by atoms with Crippen molar-refractivity contribution < 1.29 is 0 Å². The molecule has 1 aromatic carbocycles. The molecule has 0 aliphatic heterocycles. The SMILES string of the molecule is Cc1cn(-c2ccccc2Cl)nc1N. The molecule has 0 radical (unpaired) electrons. The minimum Gasteiger partial charge on any atom is -0.382 e. The molecule has 2 rings (SSSR count). The third-order valence-corrected chi connectivity index (χ3v) is 2.35. The van der Waals surface area contributed by atoms with Gasteiger partial charge in [-0.1, -0.05) is 23.7 Å². The Balaban J connectivity index is 2.55. The van der Waals surface area contributed by atoms with Crippen LogP contribution in [-0.2, 0) is 0 Å². The molecule has 1 heterocycles. The fourth-order valence-corrected chi connectivity index (χ4v) is 1.46. The number of rotatable bonds is 1. The van der Waals surface area contributed by atoms with Crippen LogP contribution >= 0.6 is 11.6 Å². The first-order valence-electron chi connectivity index (χ1n) is 4.25. The summed E-state index contributed by atoms with van der Waals surface area (Å²) in [7, 11) is 0. The van der Waals surface area contributed by atoms with Crippen LogP contribution in [0.3, 0.4) is 0 Å². The Bertz CT molecular complexity index is 443. The molecule has 0 amide bonds. The Morgan fingerprint density at radius 2 is 2.07 bits per heavy atom. The maximum absolute atomic E-state index is 6.02. The van der Waals surface area contributed by atoms with E-state index >= 15 is 0 Å². The van der Waals surface area contributed by atoms with E-state index in [0.29, 0.717) is 10.8 Å². The summed E-state index contributed by atoms with van der Waals surface area (Å²) in [5.74, 6) is 0.532. The van der Waals surface area contributed by atoms with E-state index in [9.17, 15) is 0 Å². The first-order valence-corrected chi connectivity index (χ1v) is 4.63. The highest BCUT2D eigenvalue weighted by molar-refractivity contribution is 6.32. The highest BCUT2D eigenvalue weighted by Crippen LogP contribution is 2.20. The molecule has 3 nitrogen and oxygen atoms in total. The van der Waals surface area contributed by atoms with Gasteiger partial charge in [0.2, 0.25) is 0 Å². The molecule has 2 aromatic rings. The molecule has 0 fully saturated rings. The summed E-state index contributed by atoms with van der Waals surface area (Å²) >= 11 is 6.02. The standard InChI is InChI=1S/C10H10ClN3/c1-7-6-14(13-10(7)12)9-5-3-2-4-8(9)11/h2-6H,1H3,(H2,12,13). The summed E-state index contributed by atoms with van der Waals surface area (Å²) in [5, 5.41) is 4.81. The number of anilines is 1. The van der Waals surface area contributed by atoms with Gasteiger partial charge >= 0.3 is 0 Å². The average Bonchev–Trinajstić information content (AvgIpc) is 2.48. The predicted molar refractivity (Wildman–Crippen MR) is 57.7 cm³/mol. The Morgan fingerprint density at radius 1 is 1.36 bits per heavy atom. The van der Waals surface area contributed by atoms with Crippen LogP contribution in [0.4, 0.5) is 5.82 Å². The number of halogens is 1. The molecule has 2 N–H and O–H groups in total. The van der Waals surface area contributed by atoms with E-state index in [1.807, 2.05) is 37.4 Å². The van der Waals surface area contributed by atoms with E-state index in [0.717, 1.165) is 11.3 Å². The van der Waals surface area contributed by atoms with Crippen LogP contribution in [0.1, 0.15) is 5.56 Å². The zero-order valence-corrected chi connectivity index (χ0v) is 8.49. The van der Waals surface area contributed by atoms with Crippen LogP contribution in [0.2, 0.25) is 5.02 Å². The molecule has 0 unspecified atom stereocenters. The summed E-state index contributed by atoms with van der Waals surface area (Å²) in [4.78, 5) is 0. The second-order valence-corrected chi connectivity index (χ2v) is 3.50. The van der Waals surface area contributed by atoms with Crippen molar-refractivity contribution in [2.24, 2.45) is 0 Å². The highest BCUT2D eigenvalue weighted by atomic mass is 35.5. The second-order valence-electron chi connectivity index (χ2n) is 3.09. The molecule has 0 aliphatic carbocycles. The lowest BCUT2D eigenvalue weighted by Crippen LogP contribution is -1.96. The summed E-state index contributed by atoms with van der Waals surface area (Å²) in [6, 6.07) is 7.51. The number of nitrogens with zero attached hydrogens (tertiary/aromatic N) is 2. The van der Waals surface area contributed by atoms with Crippen molar-refractivity contribution in [2.45, 2.75) is 6.92 Å². The number of para-hydroxylation sites is 1. The first kappa shape index (κ1) is 9.09. The normalized spacial score (nSPS) is 10.4. The van der Waals surface area contributed by atoms with E-state index in [4.69, 9.17) is 17.3 Å². The number of aryl methyl sites for hydroxylation is 1. The third-order valence-electron chi connectivity index (χ3n) is 2.03. The lowest BCUT2D eigenvalue weighted by Gasteiger charge is -2.02. The van der Waals surface area contributed by atoms with E-state index in [1.54, 1.807) is 4.68 Å². The summed E-state index contributed by atoms with van der Waals surface area (Å²) in [6.45, 7) is 1.91. The molecule has 0 atom stereocenters. The minimum absolute atomic E-state index is 0.532. The van der Waals surface area contributed by atoms with E-state index < -0.39 is 0 Å². The number of aromatic nitrogens is 2. The Morgan fingerprint density at radius 3 is 2.64 bits per heavy atom. The van der Waals surface area contributed by atoms with E-state index in [-0.39, 0.29) is 0 Å². The highest BCUT2D eigenvalue weighted by Gasteiger charge is 2.05. The maximum atomic E-state index is 6.02. The van der Waals surface area contributed by atoms with Crippen molar-refractivity contribution in [3.63, 3.8) is 0 Å². The van der Waals surface area contributed by atoms with Gasteiger partial charge in [0.1, 0.15) is 5.82 Å². The van der Waals surface area contributed by atoms with Crippen molar-refractivity contribution >= 4 is 17.4 Å². The van der Waals surface area contributed by atoms with Gasteiger partial charge in [-0.25, -0.2) is 4.68 Å². The van der Waals surface area contributed by atoms with Gasteiger partial charge in [0, 0.05) is 11.8 Å². The van der Waals surface area contributed by atoms with Crippen LogP contribution in [-0.4, -0.2) is 9.78 Å². The maximum Gasteiger partial charge on any atom is 0.148 e. The molecule has 0 bridgehead atoms. The second kappa shape index (κ2) is 3.35. The monoisotopic (exact) mass is 207 g/mol. The lowest BCUT2D eigenvalue weighted by atomic mass is 10.3.